The Hall–Kier alpha value is -2.85. The Morgan fingerprint density at radius 1 is 1.18 bits per heavy atom. The first-order valence-electron chi connectivity index (χ1n) is 10.0. The molecule has 33 heavy (non-hydrogen) atoms. The molecule has 172 valence electrons. The fourth-order valence-electron chi connectivity index (χ4n) is 3.57. The molecule has 4 rings (SSSR count). The van der Waals surface area contributed by atoms with Gasteiger partial charge in [0.15, 0.2) is 0 Å². The number of carbonyl (C=O) groups excluding carboxylic acids is 1. The summed E-state index contributed by atoms with van der Waals surface area (Å²) in [6.07, 6.45) is -3.53. The number of benzene rings is 2. The van der Waals surface area contributed by atoms with Crippen LogP contribution in [0.15, 0.2) is 47.4 Å². The van der Waals surface area contributed by atoms with Crippen LogP contribution in [0.3, 0.4) is 0 Å². The highest BCUT2D eigenvalue weighted by molar-refractivity contribution is 7.98. The summed E-state index contributed by atoms with van der Waals surface area (Å²) in [6, 6.07) is 10.6. The van der Waals surface area contributed by atoms with Crippen LogP contribution in [0.5, 0.6) is 0 Å². The fraction of sp³-hybridized carbons (Fsp3) is 0.261. The molecule has 2 heterocycles. The summed E-state index contributed by atoms with van der Waals surface area (Å²) in [6.45, 7) is 1.52. The van der Waals surface area contributed by atoms with Crippen molar-refractivity contribution in [2.24, 2.45) is 0 Å². The van der Waals surface area contributed by atoms with E-state index in [1.807, 2.05) is 19.1 Å². The highest BCUT2D eigenvalue weighted by atomic mass is 32.2. The Balaban J connectivity index is 1.47. The van der Waals surface area contributed by atoms with Crippen molar-refractivity contribution in [1.29, 1.82) is 0 Å². The number of aromatic nitrogens is 1. The Morgan fingerprint density at radius 3 is 2.58 bits per heavy atom. The lowest BCUT2D eigenvalue weighted by Crippen LogP contribution is -2.38. The second-order valence-electron chi connectivity index (χ2n) is 7.56. The van der Waals surface area contributed by atoms with Gasteiger partial charge in [0.2, 0.25) is 5.91 Å². The van der Waals surface area contributed by atoms with Crippen LogP contribution in [0.4, 0.5) is 18.9 Å². The molecule has 1 aromatic heterocycles. The van der Waals surface area contributed by atoms with Gasteiger partial charge in [-0.2, -0.15) is 13.2 Å². The number of hydrogen-bond donors (Lipinski definition) is 1. The maximum absolute atomic E-state index is 12.8. The van der Waals surface area contributed by atoms with Crippen LogP contribution in [-0.2, 0) is 27.9 Å². The smallest absolute Gasteiger partial charge is 0.416 e. The first-order chi connectivity index (χ1) is 15.6. The molecule has 0 saturated carbocycles. The number of halogens is 3. The predicted octanol–water partition coefficient (Wildman–Crippen LogP) is 5.79. The number of fused-ring (bicyclic) bond motifs is 1. The molecule has 0 unspecified atom stereocenters. The first kappa shape index (κ1) is 23.3. The van der Waals surface area contributed by atoms with Gasteiger partial charge < -0.3 is 10.0 Å². The Labute approximate surface area is 196 Å². The fourth-order valence-corrected chi connectivity index (χ4v) is 5.74. The minimum absolute atomic E-state index is 0.193. The molecule has 1 aliphatic rings. The van der Waals surface area contributed by atoms with Crippen molar-refractivity contribution in [3.63, 3.8) is 0 Å². The second-order valence-corrected chi connectivity index (χ2v) is 9.69. The molecule has 5 nitrogen and oxygen atoms in total. The van der Waals surface area contributed by atoms with Crippen molar-refractivity contribution in [2.75, 3.05) is 11.4 Å². The average Bonchev–Trinajstić information content (AvgIpc) is 3.14. The van der Waals surface area contributed by atoms with Gasteiger partial charge >= 0.3 is 12.1 Å². The van der Waals surface area contributed by atoms with Crippen molar-refractivity contribution in [2.45, 2.75) is 36.6 Å². The molecule has 10 heteroatoms. The van der Waals surface area contributed by atoms with Crippen molar-refractivity contribution in [3.05, 3.63) is 64.2 Å². The van der Waals surface area contributed by atoms with E-state index in [2.05, 4.69) is 4.98 Å². The molecule has 3 aromatic rings. The van der Waals surface area contributed by atoms with Gasteiger partial charge in [-0.3, -0.25) is 9.59 Å². The molecule has 0 fully saturated rings. The van der Waals surface area contributed by atoms with Crippen molar-refractivity contribution >= 4 is 40.7 Å². The SMILES string of the molecule is Cc1nc(-c2ccc(C(F)(F)F)cc2)sc1CSc1ccc2c(c1)CCC(=O)N2CC(=O)O. The molecule has 0 saturated heterocycles. The van der Waals surface area contributed by atoms with E-state index in [0.29, 0.717) is 28.4 Å². The van der Waals surface area contributed by atoms with Crippen LogP contribution in [0, 0.1) is 6.92 Å². The number of carboxylic acid groups (broad SMARTS) is 1. The van der Waals surface area contributed by atoms with Crippen LogP contribution >= 0.6 is 23.1 Å². The van der Waals surface area contributed by atoms with Gasteiger partial charge in [0.1, 0.15) is 11.6 Å². The zero-order valence-electron chi connectivity index (χ0n) is 17.5. The van der Waals surface area contributed by atoms with Gasteiger partial charge in [0.25, 0.3) is 0 Å². The van der Waals surface area contributed by atoms with Crippen LogP contribution < -0.4 is 4.90 Å². The predicted molar refractivity (Wildman–Crippen MR) is 122 cm³/mol. The number of anilines is 1. The van der Waals surface area contributed by atoms with Crippen molar-refractivity contribution in [1.82, 2.24) is 4.98 Å². The van der Waals surface area contributed by atoms with Crippen LogP contribution in [0.25, 0.3) is 10.6 Å². The van der Waals surface area contributed by atoms with E-state index in [9.17, 15) is 22.8 Å². The number of aryl methyl sites for hydroxylation is 2. The molecule has 0 radical (unpaired) electrons. The number of thiazole rings is 1. The largest absolute Gasteiger partial charge is 0.480 e. The molecule has 1 amide bonds. The minimum Gasteiger partial charge on any atom is -0.480 e. The maximum atomic E-state index is 12.8. The molecule has 0 aliphatic carbocycles. The number of aliphatic carboxylic acids is 1. The van der Waals surface area contributed by atoms with Crippen LogP contribution in [0.2, 0.25) is 0 Å². The molecule has 0 atom stereocenters. The van der Waals surface area contributed by atoms with Gasteiger partial charge in [-0.1, -0.05) is 12.1 Å². The lowest BCUT2D eigenvalue weighted by Gasteiger charge is -2.28. The van der Waals surface area contributed by atoms with E-state index in [4.69, 9.17) is 5.11 Å². The standard InChI is InChI=1S/C23H19F3N2O3S2/c1-13-19(33-22(27-13)14-2-5-16(6-3-14)23(24,25)26)12-32-17-7-8-18-15(10-17)4-9-20(29)28(18)11-21(30)31/h2-3,5-8,10H,4,9,11-12H2,1H3,(H,30,31). The number of hydrogen-bond acceptors (Lipinski definition) is 5. The van der Waals surface area contributed by atoms with E-state index in [1.165, 1.54) is 28.4 Å². The summed E-state index contributed by atoms with van der Waals surface area (Å²) in [4.78, 5) is 31.0. The number of nitrogens with zero attached hydrogens (tertiary/aromatic N) is 2. The summed E-state index contributed by atoms with van der Waals surface area (Å²) < 4.78 is 38.4. The van der Waals surface area contributed by atoms with E-state index in [-0.39, 0.29) is 18.9 Å². The van der Waals surface area contributed by atoms with E-state index >= 15 is 0 Å². The molecule has 0 bridgehead atoms. The molecular formula is C23H19F3N2O3S2. The molecule has 1 N–H and O–H groups in total. The molecule has 0 spiro atoms. The topological polar surface area (TPSA) is 70.5 Å². The lowest BCUT2D eigenvalue weighted by molar-refractivity contribution is -0.138. The van der Waals surface area contributed by atoms with Crippen molar-refractivity contribution < 1.29 is 27.9 Å². The van der Waals surface area contributed by atoms with Crippen LogP contribution in [-0.4, -0.2) is 28.5 Å². The molecule has 2 aromatic carbocycles. The number of thioether (sulfide) groups is 1. The second kappa shape index (κ2) is 9.18. The summed E-state index contributed by atoms with van der Waals surface area (Å²) >= 11 is 3.04. The highest BCUT2D eigenvalue weighted by Crippen LogP contribution is 2.37. The van der Waals surface area contributed by atoms with Gasteiger partial charge in [-0.15, -0.1) is 23.1 Å². The maximum Gasteiger partial charge on any atom is 0.416 e. The zero-order chi connectivity index (χ0) is 23.8. The average molecular weight is 493 g/mol. The van der Waals surface area contributed by atoms with E-state index in [1.54, 1.807) is 17.8 Å². The van der Waals surface area contributed by atoms with E-state index in [0.717, 1.165) is 33.2 Å². The van der Waals surface area contributed by atoms with Crippen molar-refractivity contribution in [3.8, 4) is 10.6 Å². The van der Waals surface area contributed by atoms with Gasteiger partial charge in [-0.05, 0) is 49.2 Å². The van der Waals surface area contributed by atoms with Gasteiger partial charge in [0.05, 0.1) is 11.3 Å². The Kier molecular flexibility index (Phi) is 6.49. The third-order valence-corrected chi connectivity index (χ3v) is 7.68. The summed E-state index contributed by atoms with van der Waals surface area (Å²) in [7, 11) is 0. The third kappa shape index (κ3) is 5.22. The Bertz CT molecular complexity index is 1210. The zero-order valence-corrected chi connectivity index (χ0v) is 19.1. The number of amides is 1. The number of rotatable bonds is 6. The monoisotopic (exact) mass is 492 g/mol. The summed E-state index contributed by atoms with van der Waals surface area (Å²) in [5.41, 5.74) is 2.36. The number of alkyl halides is 3. The number of carboxylic acids is 1. The van der Waals surface area contributed by atoms with Gasteiger partial charge in [0, 0.05) is 33.2 Å². The first-order valence-corrected chi connectivity index (χ1v) is 11.8. The highest BCUT2D eigenvalue weighted by Gasteiger charge is 2.30. The third-order valence-electron chi connectivity index (χ3n) is 5.27. The minimum atomic E-state index is -4.37. The quantitative estimate of drug-likeness (QED) is 0.441. The summed E-state index contributed by atoms with van der Waals surface area (Å²) in [5, 5.41) is 9.75. The molecular weight excluding hydrogens is 473 g/mol. The normalized spacial score (nSPS) is 13.8. The Morgan fingerprint density at radius 2 is 1.91 bits per heavy atom. The van der Waals surface area contributed by atoms with E-state index < -0.39 is 17.7 Å². The van der Waals surface area contributed by atoms with Crippen LogP contribution in [0.1, 0.15) is 28.1 Å². The molecule has 1 aliphatic heterocycles. The van der Waals surface area contributed by atoms with Gasteiger partial charge in [-0.25, -0.2) is 4.98 Å². The number of carbonyl (C=O) groups is 2. The lowest BCUT2D eigenvalue weighted by atomic mass is 10.0. The summed E-state index contributed by atoms with van der Waals surface area (Å²) in [5.74, 6) is -0.610.